The van der Waals surface area contributed by atoms with Crippen LogP contribution in [0.1, 0.15) is 56.2 Å². The van der Waals surface area contributed by atoms with Crippen LogP contribution in [0.25, 0.3) is 0 Å². The summed E-state index contributed by atoms with van der Waals surface area (Å²) < 4.78 is 11.1. The molecule has 9 nitrogen and oxygen atoms in total. The number of aromatic nitrogens is 4. The van der Waals surface area contributed by atoms with Gasteiger partial charge in [0.05, 0.1) is 0 Å². The van der Waals surface area contributed by atoms with Gasteiger partial charge in [0.1, 0.15) is 6.10 Å². The van der Waals surface area contributed by atoms with Gasteiger partial charge < -0.3 is 19.5 Å². The zero-order chi connectivity index (χ0) is 19.2. The number of amides is 2. The summed E-state index contributed by atoms with van der Waals surface area (Å²) >= 11 is 0. The van der Waals surface area contributed by atoms with E-state index in [1.165, 1.54) is 12.8 Å². The average molecular weight is 386 g/mol. The van der Waals surface area contributed by atoms with Gasteiger partial charge in [-0.25, -0.2) is 14.8 Å². The van der Waals surface area contributed by atoms with Crippen LogP contribution in [0, 0.1) is 0 Å². The summed E-state index contributed by atoms with van der Waals surface area (Å²) in [6, 6.07) is 2.08. The molecular weight excluding hydrogens is 360 g/mol. The van der Waals surface area contributed by atoms with E-state index in [0.717, 1.165) is 31.6 Å². The molecule has 2 aliphatic rings. The molecule has 28 heavy (non-hydrogen) atoms. The lowest BCUT2D eigenvalue weighted by Crippen LogP contribution is -2.47. The van der Waals surface area contributed by atoms with Crippen LogP contribution < -0.4 is 10.1 Å². The number of likely N-dealkylation sites (tertiary alicyclic amines) is 1. The highest BCUT2D eigenvalue weighted by atomic mass is 16.5. The molecule has 1 N–H and O–H groups in total. The van der Waals surface area contributed by atoms with E-state index in [4.69, 9.17) is 9.26 Å². The number of ether oxygens (including phenoxy) is 1. The van der Waals surface area contributed by atoms with Gasteiger partial charge in [-0.05, 0) is 18.9 Å². The number of nitrogens with one attached hydrogen (secondary N) is 1. The molecule has 0 aromatic carbocycles. The van der Waals surface area contributed by atoms with Gasteiger partial charge in [-0.1, -0.05) is 18.0 Å². The van der Waals surface area contributed by atoms with E-state index in [9.17, 15) is 4.79 Å². The maximum absolute atomic E-state index is 12.4. The highest BCUT2D eigenvalue weighted by molar-refractivity contribution is 5.74. The molecule has 1 saturated carbocycles. The molecule has 2 fully saturated rings. The second-order valence-electron chi connectivity index (χ2n) is 7.35. The highest BCUT2D eigenvalue weighted by Gasteiger charge is 2.25. The molecule has 0 radical (unpaired) electrons. The fraction of sp³-hybridized carbons (Fsp3) is 0.632. The quantitative estimate of drug-likeness (QED) is 0.812. The second-order valence-corrected chi connectivity index (χ2v) is 7.35. The number of hydrogen-bond acceptors (Lipinski definition) is 7. The molecule has 2 amide bonds. The smallest absolute Gasteiger partial charge is 0.317 e. The van der Waals surface area contributed by atoms with E-state index in [1.807, 2.05) is 4.90 Å². The molecule has 3 heterocycles. The van der Waals surface area contributed by atoms with Crippen molar-refractivity contribution in [1.29, 1.82) is 0 Å². The summed E-state index contributed by atoms with van der Waals surface area (Å²) in [6.45, 7) is 1.80. The maximum atomic E-state index is 12.4. The molecular formula is C19H26N6O3. The SMILES string of the molecule is O=C(NCCc1noc(C2CCCC2)n1)N1CCC(Oc2ncccn2)CC1. The third-order valence-electron chi connectivity index (χ3n) is 5.36. The van der Waals surface area contributed by atoms with E-state index in [1.54, 1.807) is 18.5 Å². The van der Waals surface area contributed by atoms with Gasteiger partial charge in [-0.2, -0.15) is 4.98 Å². The van der Waals surface area contributed by atoms with Crippen LogP contribution in [-0.2, 0) is 6.42 Å². The van der Waals surface area contributed by atoms with Gasteiger partial charge in [0.25, 0.3) is 0 Å². The Labute approximate surface area is 163 Å². The minimum absolute atomic E-state index is 0.0415. The predicted molar refractivity (Wildman–Crippen MR) is 99.9 cm³/mol. The summed E-state index contributed by atoms with van der Waals surface area (Å²) in [5.41, 5.74) is 0. The van der Waals surface area contributed by atoms with Gasteiger partial charge in [0.2, 0.25) is 5.89 Å². The van der Waals surface area contributed by atoms with Gasteiger partial charge >= 0.3 is 12.0 Å². The Bertz CT molecular complexity index is 754. The average Bonchev–Trinajstić information content (AvgIpc) is 3.41. The summed E-state index contributed by atoms with van der Waals surface area (Å²) in [4.78, 5) is 26.8. The lowest BCUT2D eigenvalue weighted by molar-refractivity contribution is 0.103. The molecule has 4 rings (SSSR count). The number of carbonyl (C=O) groups excluding carboxylic acids is 1. The molecule has 1 aliphatic carbocycles. The molecule has 1 aliphatic heterocycles. The molecule has 0 unspecified atom stereocenters. The minimum Gasteiger partial charge on any atom is -0.460 e. The first-order valence-electron chi connectivity index (χ1n) is 10.1. The number of piperidine rings is 1. The summed E-state index contributed by atoms with van der Waals surface area (Å²) in [6.07, 6.45) is 10.2. The van der Waals surface area contributed by atoms with Crippen molar-refractivity contribution < 1.29 is 14.1 Å². The van der Waals surface area contributed by atoms with Crippen molar-refractivity contribution in [3.63, 3.8) is 0 Å². The third-order valence-corrected chi connectivity index (χ3v) is 5.36. The van der Waals surface area contributed by atoms with Gasteiger partial charge in [-0.15, -0.1) is 0 Å². The van der Waals surface area contributed by atoms with Gasteiger partial charge in [-0.3, -0.25) is 0 Å². The Hall–Kier alpha value is -2.71. The fourth-order valence-corrected chi connectivity index (χ4v) is 3.77. The Balaban J connectivity index is 1.16. The van der Waals surface area contributed by atoms with Crippen molar-refractivity contribution in [3.05, 3.63) is 30.2 Å². The lowest BCUT2D eigenvalue weighted by atomic mass is 10.1. The standard InChI is InChI=1S/C19H26N6O3/c26-19(22-11-6-16-23-17(28-24-16)14-4-1-2-5-14)25-12-7-15(8-13-25)27-18-20-9-3-10-21-18/h3,9-10,14-15H,1-2,4-8,11-13H2,(H,22,26). The number of nitrogens with zero attached hydrogens (tertiary/aromatic N) is 5. The van der Waals surface area contributed by atoms with E-state index in [0.29, 0.717) is 43.8 Å². The van der Waals surface area contributed by atoms with Crippen LogP contribution in [0.5, 0.6) is 6.01 Å². The number of carbonyl (C=O) groups is 1. The van der Waals surface area contributed by atoms with E-state index in [-0.39, 0.29) is 12.1 Å². The van der Waals surface area contributed by atoms with Crippen LogP contribution in [0.4, 0.5) is 4.79 Å². The van der Waals surface area contributed by atoms with Crippen molar-refractivity contribution >= 4 is 6.03 Å². The Morgan fingerprint density at radius 2 is 1.93 bits per heavy atom. The highest BCUT2D eigenvalue weighted by Crippen LogP contribution is 2.32. The van der Waals surface area contributed by atoms with Crippen molar-refractivity contribution in [2.45, 2.75) is 57.0 Å². The van der Waals surface area contributed by atoms with Crippen LogP contribution >= 0.6 is 0 Å². The Kier molecular flexibility index (Phi) is 5.98. The molecule has 2 aromatic rings. The van der Waals surface area contributed by atoms with Gasteiger partial charge in [0, 0.05) is 57.2 Å². The number of hydrogen-bond donors (Lipinski definition) is 1. The van der Waals surface area contributed by atoms with Crippen LogP contribution in [0.2, 0.25) is 0 Å². The molecule has 9 heteroatoms. The zero-order valence-corrected chi connectivity index (χ0v) is 15.9. The molecule has 0 bridgehead atoms. The maximum Gasteiger partial charge on any atom is 0.317 e. The van der Waals surface area contributed by atoms with Crippen LogP contribution in [0.15, 0.2) is 23.0 Å². The van der Waals surface area contributed by atoms with Crippen molar-refractivity contribution in [2.75, 3.05) is 19.6 Å². The van der Waals surface area contributed by atoms with Crippen molar-refractivity contribution in [1.82, 2.24) is 30.3 Å². The largest absolute Gasteiger partial charge is 0.460 e. The van der Waals surface area contributed by atoms with E-state index >= 15 is 0 Å². The molecule has 0 atom stereocenters. The first-order chi connectivity index (χ1) is 13.8. The fourth-order valence-electron chi connectivity index (χ4n) is 3.77. The molecule has 150 valence electrons. The van der Waals surface area contributed by atoms with Crippen LogP contribution in [-0.4, -0.2) is 56.8 Å². The van der Waals surface area contributed by atoms with Crippen LogP contribution in [0.3, 0.4) is 0 Å². The third kappa shape index (κ3) is 4.76. The Morgan fingerprint density at radius 1 is 1.18 bits per heavy atom. The molecule has 0 spiro atoms. The monoisotopic (exact) mass is 386 g/mol. The zero-order valence-electron chi connectivity index (χ0n) is 15.9. The van der Waals surface area contributed by atoms with Crippen molar-refractivity contribution in [2.24, 2.45) is 0 Å². The topological polar surface area (TPSA) is 106 Å². The predicted octanol–water partition coefficient (Wildman–Crippen LogP) is 2.31. The first kappa shape index (κ1) is 18.6. The lowest BCUT2D eigenvalue weighted by Gasteiger charge is -2.31. The van der Waals surface area contributed by atoms with E-state index in [2.05, 4.69) is 25.4 Å². The van der Waals surface area contributed by atoms with Crippen molar-refractivity contribution in [3.8, 4) is 6.01 Å². The Morgan fingerprint density at radius 3 is 2.68 bits per heavy atom. The summed E-state index contributed by atoms with van der Waals surface area (Å²) in [7, 11) is 0. The van der Waals surface area contributed by atoms with Gasteiger partial charge in [0.15, 0.2) is 5.82 Å². The summed E-state index contributed by atoms with van der Waals surface area (Å²) in [5.74, 6) is 1.83. The summed E-state index contributed by atoms with van der Waals surface area (Å²) in [5, 5.41) is 6.98. The molecule has 2 aromatic heterocycles. The normalized spacial score (nSPS) is 18.4. The number of urea groups is 1. The van der Waals surface area contributed by atoms with E-state index < -0.39 is 0 Å². The first-order valence-corrected chi connectivity index (χ1v) is 10.1. The second kappa shape index (κ2) is 8.99. The molecule has 1 saturated heterocycles. The number of rotatable bonds is 6. The minimum atomic E-state index is -0.0612.